The molecule has 0 saturated carbocycles. The Bertz CT molecular complexity index is 700. The van der Waals surface area contributed by atoms with E-state index in [1.54, 1.807) is 12.1 Å². The van der Waals surface area contributed by atoms with E-state index in [0.717, 1.165) is 11.1 Å². The number of benzene rings is 1. The van der Waals surface area contributed by atoms with E-state index in [9.17, 15) is 4.79 Å². The Labute approximate surface area is 102 Å². The number of carbonyl (C=O) groups is 1. The summed E-state index contributed by atoms with van der Waals surface area (Å²) in [4.78, 5) is 21.3. The van der Waals surface area contributed by atoms with Gasteiger partial charge in [0, 0.05) is 18.0 Å². The fourth-order valence-electron chi connectivity index (χ4n) is 1.80. The molecule has 1 aromatic carbocycles. The van der Waals surface area contributed by atoms with Crippen LogP contribution in [0.5, 0.6) is 5.75 Å². The number of ether oxygens (including phenoxy) is 1. The van der Waals surface area contributed by atoms with E-state index in [1.807, 2.05) is 24.5 Å². The highest BCUT2D eigenvalue weighted by atomic mass is 16.5. The highest BCUT2D eigenvalue weighted by molar-refractivity contribution is 5.86. The SMILES string of the molecule is NC(=O)Oc1cccc2[nH]c(-c3cc[nH]c3)nc12. The zero-order valence-electron chi connectivity index (χ0n) is 9.31. The number of para-hydroxylation sites is 1. The average Bonchev–Trinajstić information content (AvgIpc) is 2.97. The number of nitrogens with two attached hydrogens (primary N) is 1. The zero-order valence-corrected chi connectivity index (χ0v) is 9.31. The molecule has 18 heavy (non-hydrogen) atoms. The first-order chi connectivity index (χ1) is 8.74. The fraction of sp³-hybridized carbons (Fsp3) is 0. The van der Waals surface area contributed by atoms with E-state index in [4.69, 9.17) is 10.5 Å². The Balaban J connectivity index is 2.14. The van der Waals surface area contributed by atoms with E-state index >= 15 is 0 Å². The van der Waals surface area contributed by atoms with Gasteiger partial charge in [-0.15, -0.1) is 0 Å². The lowest BCUT2D eigenvalue weighted by molar-refractivity contribution is 0.211. The number of aromatic nitrogens is 3. The van der Waals surface area contributed by atoms with Crippen LogP contribution in [0.1, 0.15) is 0 Å². The van der Waals surface area contributed by atoms with Gasteiger partial charge in [0.05, 0.1) is 5.52 Å². The van der Waals surface area contributed by atoms with Crippen LogP contribution in [0.15, 0.2) is 36.7 Å². The molecule has 2 aromatic heterocycles. The van der Waals surface area contributed by atoms with Crippen molar-refractivity contribution in [2.45, 2.75) is 0 Å². The van der Waals surface area contributed by atoms with Crippen molar-refractivity contribution in [3.8, 4) is 17.1 Å². The van der Waals surface area contributed by atoms with E-state index in [2.05, 4.69) is 15.0 Å². The van der Waals surface area contributed by atoms with Gasteiger partial charge in [-0.1, -0.05) is 6.07 Å². The van der Waals surface area contributed by atoms with Crippen molar-refractivity contribution in [2.75, 3.05) is 0 Å². The van der Waals surface area contributed by atoms with Gasteiger partial charge < -0.3 is 20.4 Å². The van der Waals surface area contributed by atoms with E-state index in [1.165, 1.54) is 0 Å². The molecule has 4 N–H and O–H groups in total. The largest absolute Gasteiger partial charge is 0.410 e. The molecule has 3 aromatic rings. The second-order valence-corrected chi connectivity index (χ2v) is 3.76. The topological polar surface area (TPSA) is 96.8 Å². The lowest BCUT2D eigenvalue weighted by Gasteiger charge is -1.99. The maximum absolute atomic E-state index is 10.8. The first kappa shape index (κ1) is 10.4. The number of H-pyrrole nitrogens is 2. The molecule has 2 heterocycles. The Hall–Kier alpha value is -2.76. The summed E-state index contributed by atoms with van der Waals surface area (Å²) in [6, 6.07) is 7.16. The number of amides is 1. The monoisotopic (exact) mass is 242 g/mol. The molecule has 1 amide bonds. The van der Waals surface area contributed by atoms with Crippen molar-refractivity contribution >= 4 is 17.1 Å². The molecule has 0 radical (unpaired) electrons. The van der Waals surface area contributed by atoms with Crippen LogP contribution in [-0.2, 0) is 0 Å². The normalized spacial score (nSPS) is 10.7. The third-order valence-electron chi connectivity index (χ3n) is 2.56. The van der Waals surface area contributed by atoms with Crippen molar-refractivity contribution in [3.05, 3.63) is 36.7 Å². The number of primary amides is 1. The summed E-state index contributed by atoms with van der Waals surface area (Å²) in [5.74, 6) is 1.05. The lowest BCUT2D eigenvalue weighted by atomic mass is 10.3. The van der Waals surface area contributed by atoms with Crippen molar-refractivity contribution in [3.63, 3.8) is 0 Å². The van der Waals surface area contributed by atoms with E-state index in [0.29, 0.717) is 17.1 Å². The summed E-state index contributed by atoms with van der Waals surface area (Å²) >= 11 is 0. The fourth-order valence-corrected chi connectivity index (χ4v) is 1.80. The summed E-state index contributed by atoms with van der Waals surface area (Å²) in [5, 5.41) is 0. The molecular weight excluding hydrogens is 232 g/mol. The molecule has 0 bridgehead atoms. The van der Waals surface area contributed by atoms with Gasteiger partial charge in [-0.05, 0) is 18.2 Å². The average molecular weight is 242 g/mol. The van der Waals surface area contributed by atoms with E-state index < -0.39 is 6.09 Å². The van der Waals surface area contributed by atoms with Crippen LogP contribution < -0.4 is 10.5 Å². The summed E-state index contributed by atoms with van der Waals surface area (Å²) in [5.41, 5.74) is 7.30. The van der Waals surface area contributed by atoms with Crippen molar-refractivity contribution in [1.29, 1.82) is 0 Å². The molecule has 0 atom stereocenters. The third-order valence-corrected chi connectivity index (χ3v) is 2.56. The van der Waals surface area contributed by atoms with Gasteiger partial charge in [-0.2, -0.15) is 0 Å². The Morgan fingerprint density at radius 3 is 2.94 bits per heavy atom. The number of rotatable bonds is 2. The standard InChI is InChI=1S/C12H10N4O2/c13-12(17)18-9-3-1-2-8-10(9)16-11(15-8)7-4-5-14-6-7/h1-6,14H,(H2,13,17)(H,15,16). The van der Waals surface area contributed by atoms with Crippen LogP contribution in [0, 0.1) is 0 Å². The molecule has 0 unspecified atom stereocenters. The molecule has 6 heteroatoms. The van der Waals surface area contributed by atoms with Crippen molar-refractivity contribution < 1.29 is 9.53 Å². The molecular formula is C12H10N4O2. The number of fused-ring (bicyclic) bond motifs is 1. The van der Waals surface area contributed by atoms with Crippen molar-refractivity contribution in [1.82, 2.24) is 15.0 Å². The molecule has 0 aliphatic heterocycles. The predicted molar refractivity (Wildman–Crippen MR) is 66.1 cm³/mol. The summed E-state index contributed by atoms with van der Waals surface area (Å²) in [6.45, 7) is 0. The molecule has 0 saturated heterocycles. The van der Waals surface area contributed by atoms with E-state index in [-0.39, 0.29) is 0 Å². The predicted octanol–water partition coefficient (Wildman–Crippen LogP) is 2.02. The van der Waals surface area contributed by atoms with Crippen LogP contribution in [-0.4, -0.2) is 21.0 Å². The summed E-state index contributed by atoms with van der Waals surface area (Å²) < 4.78 is 4.91. The van der Waals surface area contributed by atoms with Crippen molar-refractivity contribution in [2.24, 2.45) is 5.73 Å². The number of nitrogens with one attached hydrogen (secondary N) is 2. The van der Waals surface area contributed by atoms with Crippen LogP contribution in [0.3, 0.4) is 0 Å². The maximum Gasteiger partial charge on any atom is 0.410 e. The Kier molecular flexibility index (Phi) is 2.26. The van der Waals surface area contributed by atoms with Crippen LogP contribution >= 0.6 is 0 Å². The minimum atomic E-state index is -0.853. The zero-order chi connectivity index (χ0) is 12.5. The maximum atomic E-state index is 10.8. The number of carbonyl (C=O) groups excluding carboxylic acids is 1. The smallest absolute Gasteiger partial charge is 0.408 e. The van der Waals surface area contributed by atoms with Gasteiger partial charge in [-0.25, -0.2) is 9.78 Å². The number of aromatic amines is 2. The number of hydrogen-bond donors (Lipinski definition) is 3. The number of hydrogen-bond acceptors (Lipinski definition) is 3. The third kappa shape index (κ3) is 1.69. The minimum absolute atomic E-state index is 0.345. The van der Waals surface area contributed by atoms with Gasteiger partial charge in [0.15, 0.2) is 5.75 Å². The quantitative estimate of drug-likeness (QED) is 0.641. The lowest BCUT2D eigenvalue weighted by Crippen LogP contribution is -2.16. The van der Waals surface area contributed by atoms with Crippen LogP contribution in [0.25, 0.3) is 22.4 Å². The first-order valence-corrected chi connectivity index (χ1v) is 5.33. The molecule has 0 fully saturated rings. The molecule has 0 aliphatic carbocycles. The molecule has 3 rings (SSSR count). The Morgan fingerprint density at radius 1 is 1.33 bits per heavy atom. The number of nitrogens with zero attached hydrogens (tertiary/aromatic N) is 1. The summed E-state index contributed by atoms with van der Waals surface area (Å²) in [6.07, 6.45) is 2.78. The molecule has 0 spiro atoms. The highest BCUT2D eigenvalue weighted by Crippen LogP contribution is 2.26. The molecule has 90 valence electrons. The van der Waals surface area contributed by atoms with Gasteiger partial charge in [0.1, 0.15) is 11.3 Å². The van der Waals surface area contributed by atoms with Crippen LogP contribution in [0.2, 0.25) is 0 Å². The van der Waals surface area contributed by atoms with Gasteiger partial charge >= 0.3 is 6.09 Å². The molecule has 0 aliphatic rings. The van der Waals surface area contributed by atoms with Gasteiger partial charge in [-0.3, -0.25) is 0 Å². The van der Waals surface area contributed by atoms with Gasteiger partial charge in [0.25, 0.3) is 0 Å². The minimum Gasteiger partial charge on any atom is -0.408 e. The summed E-state index contributed by atoms with van der Waals surface area (Å²) in [7, 11) is 0. The Morgan fingerprint density at radius 2 is 2.22 bits per heavy atom. The van der Waals surface area contributed by atoms with Crippen LogP contribution in [0.4, 0.5) is 4.79 Å². The number of imidazole rings is 1. The first-order valence-electron chi connectivity index (χ1n) is 5.33. The second kappa shape index (κ2) is 3.92. The molecule has 6 nitrogen and oxygen atoms in total. The highest BCUT2D eigenvalue weighted by Gasteiger charge is 2.11. The second-order valence-electron chi connectivity index (χ2n) is 3.76. The van der Waals surface area contributed by atoms with Gasteiger partial charge in [0.2, 0.25) is 0 Å².